The van der Waals surface area contributed by atoms with Crippen LogP contribution in [0.1, 0.15) is 5.69 Å². The van der Waals surface area contributed by atoms with Gasteiger partial charge in [-0.25, -0.2) is 15.0 Å². The topological polar surface area (TPSA) is 80.7 Å². The molecule has 7 heteroatoms. The first-order valence-electron chi connectivity index (χ1n) is 7.47. The summed E-state index contributed by atoms with van der Waals surface area (Å²) in [7, 11) is 1.62. The second-order valence-electron chi connectivity index (χ2n) is 5.16. The molecule has 124 valence electrons. The van der Waals surface area contributed by atoms with Gasteiger partial charge in [-0.1, -0.05) is 29.5 Å². The number of fused-ring (bicyclic) bond motifs is 1. The average Bonchev–Trinajstić information content (AvgIpc) is 3.22. The number of hydrogen-bond acceptors (Lipinski definition) is 7. The molecular formula is C18H13N3O3S. The molecule has 2 heterocycles. The first kappa shape index (κ1) is 15.3. The van der Waals surface area contributed by atoms with Gasteiger partial charge in [0, 0.05) is 5.56 Å². The lowest BCUT2D eigenvalue weighted by Gasteiger charge is -1.96. The zero-order chi connectivity index (χ0) is 17.2. The number of ether oxygens (including phenoxy) is 1. The van der Waals surface area contributed by atoms with Crippen molar-refractivity contribution in [2.24, 2.45) is 4.99 Å². The Kier molecular flexibility index (Phi) is 3.91. The van der Waals surface area contributed by atoms with Crippen molar-refractivity contribution in [1.29, 1.82) is 0 Å². The predicted molar refractivity (Wildman–Crippen MR) is 97.0 cm³/mol. The minimum Gasteiger partial charge on any atom is -0.497 e. The summed E-state index contributed by atoms with van der Waals surface area (Å²) in [5.74, 6) is 0.840. The number of nitrogens with zero attached hydrogens (tertiary/aromatic N) is 3. The number of aromatic hydroxyl groups is 1. The van der Waals surface area contributed by atoms with Crippen molar-refractivity contribution in [3.8, 4) is 23.1 Å². The van der Waals surface area contributed by atoms with Crippen LogP contribution in [0.4, 0.5) is 5.13 Å². The highest BCUT2D eigenvalue weighted by Gasteiger charge is 2.12. The molecule has 0 fully saturated rings. The third-order valence-electron chi connectivity index (χ3n) is 3.54. The molecule has 0 bridgehead atoms. The first-order chi connectivity index (χ1) is 12.2. The van der Waals surface area contributed by atoms with Crippen LogP contribution in [0.15, 0.2) is 57.9 Å². The fourth-order valence-corrected chi connectivity index (χ4v) is 3.14. The lowest BCUT2D eigenvalue weighted by Crippen LogP contribution is -1.82. The maximum atomic E-state index is 9.92. The summed E-state index contributed by atoms with van der Waals surface area (Å²) in [4.78, 5) is 13.0. The summed E-state index contributed by atoms with van der Waals surface area (Å²) >= 11 is 1.43. The van der Waals surface area contributed by atoms with Crippen molar-refractivity contribution in [3.63, 3.8) is 0 Å². The number of aliphatic imine (C=N–C) groups is 1. The minimum atomic E-state index is -0.273. The summed E-state index contributed by atoms with van der Waals surface area (Å²) in [5.41, 5.74) is 1.88. The molecular weight excluding hydrogens is 338 g/mol. The van der Waals surface area contributed by atoms with E-state index in [1.165, 1.54) is 17.6 Å². The van der Waals surface area contributed by atoms with Crippen LogP contribution >= 0.6 is 11.3 Å². The summed E-state index contributed by atoms with van der Waals surface area (Å²) in [5, 5.41) is 10.5. The molecule has 4 rings (SSSR count). The molecule has 0 aliphatic heterocycles. The van der Waals surface area contributed by atoms with E-state index in [4.69, 9.17) is 9.15 Å². The maximum Gasteiger partial charge on any atom is 0.312 e. The molecule has 0 radical (unpaired) electrons. The maximum absolute atomic E-state index is 9.92. The van der Waals surface area contributed by atoms with Crippen molar-refractivity contribution in [2.45, 2.75) is 0 Å². The Balaban J connectivity index is 1.62. The van der Waals surface area contributed by atoms with Crippen LogP contribution in [0.25, 0.3) is 21.7 Å². The number of rotatable bonds is 4. The fourth-order valence-electron chi connectivity index (χ4n) is 2.30. The minimum absolute atomic E-state index is 0.260. The van der Waals surface area contributed by atoms with Crippen LogP contribution in [0.5, 0.6) is 11.7 Å². The molecule has 2 aromatic heterocycles. The van der Waals surface area contributed by atoms with Gasteiger partial charge in [0.15, 0.2) is 5.69 Å². The van der Waals surface area contributed by atoms with Gasteiger partial charge in [0.25, 0.3) is 0 Å². The average molecular weight is 351 g/mol. The summed E-state index contributed by atoms with van der Waals surface area (Å²) < 4.78 is 11.5. The van der Waals surface area contributed by atoms with E-state index in [9.17, 15) is 5.11 Å². The van der Waals surface area contributed by atoms with E-state index in [1.54, 1.807) is 7.11 Å². The van der Waals surface area contributed by atoms with Crippen LogP contribution in [0.2, 0.25) is 0 Å². The van der Waals surface area contributed by atoms with Crippen LogP contribution < -0.4 is 4.74 Å². The molecule has 0 amide bonds. The molecule has 6 nitrogen and oxygen atoms in total. The molecule has 0 aliphatic rings. The number of methoxy groups -OCH3 is 1. The summed E-state index contributed by atoms with van der Waals surface area (Å²) in [6.07, 6.45) is 1.44. The van der Waals surface area contributed by atoms with Gasteiger partial charge < -0.3 is 14.3 Å². The van der Waals surface area contributed by atoms with Crippen molar-refractivity contribution in [1.82, 2.24) is 9.97 Å². The summed E-state index contributed by atoms with van der Waals surface area (Å²) in [6.45, 7) is 0. The molecule has 0 saturated carbocycles. The molecule has 0 saturated heterocycles. The highest BCUT2D eigenvalue weighted by atomic mass is 32.1. The van der Waals surface area contributed by atoms with Gasteiger partial charge in [-0.05, 0) is 30.3 Å². The smallest absolute Gasteiger partial charge is 0.312 e. The highest BCUT2D eigenvalue weighted by Crippen LogP contribution is 2.31. The predicted octanol–water partition coefficient (Wildman–Crippen LogP) is 4.42. The second-order valence-corrected chi connectivity index (χ2v) is 6.17. The van der Waals surface area contributed by atoms with Gasteiger partial charge >= 0.3 is 5.95 Å². The van der Waals surface area contributed by atoms with E-state index in [0.717, 1.165) is 21.5 Å². The van der Waals surface area contributed by atoms with E-state index in [0.29, 0.717) is 11.0 Å². The van der Waals surface area contributed by atoms with Crippen LogP contribution in [-0.2, 0) is 0 Å². The molecule has 0 unspecified atom stereocenters. The monoisotopic (exact) mass is 351 g/mol. The van der Waals surface area contributed by atoms with Gasteiger partial charge in [-0.2, -0.15) is 0 Å². The Bertz CT molecular complexity index is 1050. The highest BCUT2D eigenvalue weighted by molar-refractivity contribution is 7.22. The third-order valence-corrected chi connectivity index (χ3v) is 4.46. The molecule has 0 spiro atoms. The zero-order valence-corrected chi connectivity index (χ0v) is 14.0. The van der Waals surface area contributed by atoms with E-state index in [2.05, 4.69) is 15.0 Å². The fraction of sp³-hybridized carbons (Fsp3) is 0.0556. The number of hydrogen-bond donors (Lipinski definition) is 1. The van der Waals surface area contributed by atoms with E-state index >= 15 is 0 Å². The molecule has 25 heavy (non-hydrogen) atoms. The Morgan fingerprint density at radius 3 is 2.80 bits per heavy atom. The molecule has 4 aromatic rings. The normalized spacial score (nSPS) is 11.4. The van der Waals surface area contributed by atoms with Gasteiger partial charge in [-0.3, -0.25) is 0 Å². The van der Waals surface area contributed by atoms with Gasteiger partial charge in [-0.15, -0.1) is 0 Å². The van der Waals surface area contributed by atoms with E-state index < -0.39 is 0 Å². The Hall–Kier alpha value is -3.19. The van der Waals surface area contributed by atoms with Crippen molar-refractivity contribution in [3.05, 3.63) is 54.2 Å². The van der Waals surface area contributed by atoms with Crippen LogP contribution in [0, 0.1) is 0 Å². The number of benzene rings is 2. The van der Waals surface area contributed by atoms with E-state index in [1.807, 2.05) is 48.5 Å². The van der Waals surface area contributed by atoms with Gasteiger partial charge in [0.1, 0.15) is 5.75 Å². The summed E-state index contributed by atoms with van der Waals surface area (Å²) in [6, 6.07) is 15.0. The van der Waals surface area contributed by atoms with Crippen LogP contribution in [-0.4, -0.2) is 28.4 Å². The Labute approximate surface area is 147 Å². The van der Waals surface area contributed by atoms with Gasteiger partial charge in [0.05, 0.1) is 23.5 Å². The van der Waals surface area contributed by atoms with E-state index in [-0.39, 0.29) is 11.6 Å². The third kappa shape index (κ3) is 3.09. The Morgan fingerprint density at radius 2 is 2.00 bits per heavy atom. The van der Waals surface area contributed by atoms with Crippen LogP contribution in [0.3, 0.4) is 0 Å². The second kappa shape index (κ2) is 6.37. The van der Waals surface area contributed by atoms with Crippen molar-refractivity contribution >= 4 is 32.9 Å². The number of oxazole rings is 1. The number of aromatic nitrogens is 2. The SMILES string of the molecule is COc1ccc2nc(N=Cc3nc(-c4ccccc4)oc3O)sc2c1. The molecule has 0 aliphatic carbocycles. The molecule has 0 atom stereocenters. The quantitative estimate of drug-likeness (QED) is 0.551. The zero-order valence-electron chi connectivity index (χ0n) is 13.2. The number of thiazole rings is 1. The van der Waals surface area contributed by atoms with Crippen molar-refractivity contribution in [2.75, 3.05) is 7.11 Å². The lowest BCUT2D eigenvalue weighted by molar-refractivity contribution is 0.337. The Morgan fingerprint density at radius 1 is 1.16 bits per heavy atom. The molecule has 1 N–H and O–H groups in total. The first-order valence-corrected chi connectivity index (χ1v) is 8.28. The van der Waals surface area contributed by atoms with Crippen molar-refractivity contribution < 1.29 is 14.3 Å². The van der Waals surface area contributed by atoms with Gasteiger partial charge in [0.2, 0.25) is 11.0 Å². The lowest BCUT2D eigenvalue weighted by atomic mass is 10.2. The molecule has 2 aromatic carbocycles. The standard InChI is InChI=1S/C18H13N3O3S/c1-23-12-7-8-13-15(9-12)25-18(21-13)19-10-14-17(22)24-16(20-14)11-5-3-2-4-6-11/h2-10,22H,1H3. The largest absolute Gasteiger partial charge is 0.497 e.